The van der Waals surface area contributed by atoms with Gasteiger partial charge >= 0.3 is 6.03 Å². The van der Waals surface area contributed by atoms with Gasteiger partial charge in [-0.3, -0.25) is 0 Å². The molecule has 0 saturated carbocycles. The quantitative estimate of drug-likeness (QED) is 0.917. The van der Waals surface area contributed by atoms with E-state index in [4.69, 9.17) is 5.26 Å². The van der Waals surface area contributed by atoms with E-state index < -0.39 is 0 Å². The number of benzene rings is 1. The summed E-state index contributed by atoms with van der Waals surface area (Å²) in [5.41, 5.74) is 1.18. The largest absolute Gasteiger partial charge is 0.322 e. The Balaban J connectivity index is 1.76. The van der Waals surface area contributed by atoms with E-state index in [2.05, 4.69) is 16.4 Å². The van der Waals surface area contributed by atoms with Gasteiger partial charge in [-0.25, -0.2) is 9.78 Å². The van der Waals surface area contributed by atoms with Crippen LogP contribution in [0.25, 0.3) is 0 Å². The summed E-state index contributed by atoms with van der Waals surface area (Å²) >= 11 is 1.59. The van der Waals surface area contributed by atoms with Crippen LogP contribution in [0, 0.1) is 11.3 Å². The molecule has 22 heavy (non-hydrogen) atoms. The number of amides is 2. The molecular formula is C16H16N4OS. The highest BCUT2D eigenvalue weighted by Gasteiger charge is 2.29. The van der Waals surface area contributed by atoms with Gasteiger partial charge in [0.2, 0.25) is 0 Å². The van der Waals surface area contributed by atoms with Crippen molar-refractivity contribution in [1.82, 2.24) is 9.88 Å². The van der Waals surface area contributed by atoms with Crippen molar-refractivity contribution in [3.63, 3.8) is 0 Å². The standard InChI is InChI=1S/C16H16N4OS/c17-11-12-4-3-5-13(10-12)19-16(21)20-8-2-1-6-14(20)15-18-7-9-22-15/h3-5,7,9-10,14H,1-2,6,8H2,(H,19,21)/t14-/m0/s1. The molecule has 2 aromatic rings. The summed E-state index contributed by atoms with van der Waals surface area (Å²) in [6, 6.07) is 8.95. The summed E-state index contributed by atoms with van der Waals surface area (Å²) < 4.78 is 0. The Hall–Kier alpha value is -2.39. The average molecular weight is 312 g/mol. The number of hydrogen-bond acceptors (Lipinski definition) is 4. The van der Waals surface area contributed by atoms with Crippen molar-refractivity contribution in [2.45, 2.75) is 25.3 Å². The molecule has 6 heteroatoms. The molecule has 0 radical (unpaired) electrons. The lowest BCUT2D eigenvalue weighted by Crippen LogP contribution is -2.41. The third-order valence-corrected chi connectivity index (χ3v) is 4.62. The molecule has 1 fully saturated rings. The van der Waals surface area contributed by atoms with E-state index >= 15 is 0 Å². The smallest absolute Gasteiger partial charge is 0.315 e. The summed E-state index contributed by atoms with van der Waals surface area (Å²) in [7, 11) is 0. The van der Waals surface area contributed by atoms with E-state index in [1.165, 1.54) is 0 Å². The summed E-state index contributed by atoms with van der Waals surface area (Å²) in [6.07, 6.45) is 4.84. The predicted octanol–water partition coefficient (Wildman–Crippen LogP) is 3.77. The van der Waals surface area contributed by atoms with Crippen LogP contribution >= 0.6 is 11.3 Å². The molecule has 2 heterocycles. The number of anilines is 1. The van der Waals surface area contributed by atoms with Crippen molar-refractivity contribution in [2.24, 2.45) is 0 Å². The van der Waals surface area contributed by atoms with Gasteiger partial charge in [0.25, 0.3) is 0 Å². The Morgan fingerprint density at radius 3 is 3.14 bits per heavy atom. The van der Waals surface area contributed by atoms with Crippen LogP contribution < -0.4 is 5.32 Å². The number of piperidine rings is 1. The van der Waals surface area contributed by atoms with E-state index in [1.54, 1.807) is 41.8 Å². The number of hydrogen-bond donors (Lipinski definition) is 1. The second kappa shape index (κ2) is 6.58. The molecule has 1 aliphatic rings. The second-order valence-corrected chi connectivity index (χ2v) is 6.12. The second-order valence-electron chi connectivity index (χ2n) is 5.20. The fourth-order valence-electron chi connectivity index (χ4n) is 2.69. The minimum absolute atomic E-state index is 0.0490. The molecule has 1 N–H and O–H groups in total. The Morgan fingerprint density at radius 1 is 1.45 bits per heavy atom. The summed E-state index contributed by atoms with van der Waals surface area (Å²) in [5, 5.41) is 14.8. The molecule has 3 rings (SSSR count). The third kappa shape index (κ3) is 3.10. The highest BCUT2D eigenvalue weighted by atomic mass is 32.1. The number of carbonyl (C=O) groups excluding carboxylic acids is 1. The van der Waals surface area contributed by atoms with Crippen molar-refractivity contribution < 1.29 is 4.79 Å². The average Bonchev–Trinajstić information content (AvgIpc) is 3.09. The maximum absolute atomic E-state index is 12.6. The molecule has 1 aliphatic heterocycles. The summed E-state index contributed by atoms with van der Waals surface area (Å²) in [6.45, 7) is 0.730. The molecule has 1 aromatic carbocycles. The van der Waals surface area contributed by atoms with Gasteiger partial charge in [-0.2, -0.15) is 5.26 Å². The van der Waals surface area contributed by atoms with Gasteiger partial charge in [0.1, 0.15) is 5.01 Å². The third-order valence-electron chi connectivity index (χ3n) is 3.74. The maximum atomic E-state index is 12.6. The van der Waals surface area contributed by atoms with Crippen LogP contribution in [0.5, 0.6) is 0 Å². The first-order valence-electron chi connectivity index (χ1n) is 7.25. The fourth-order valence-corrected chi connectivity index (χ4v) is 3.48. The highest BCUT2D eigenvalue weighted by Crippen LogP contribution is 2.32. The van der Waals surface area contributed by atoms with Crippen LogP contribution in [0.15, 0.2) is 35.8 Å². The van der Waals surface area contributed by atoms with Crippen molar-refractivity contribution >= 4 is 23.1 Å². The minimum Gasteiger partial charge on any atom is -0.315 e. The number of likely N-dealkylation sites (tertiary alicyclic amines) is 1. The number of carbonyl (C=O) groups is 1. The van der Waals surface area contributed by atoms with Crippen molar-refractivity contribution in [1.29, 1.82) is 5.26 Å². The van der Waals surface area contributed by atoms with Gasteiger partial charge in [0.15, 0.2) is 0 Å². The van der Waals surface area contributed by atoms with E-state index in [0.29, 0.717) is 11.3 Å². The molecule has 1 saturated heterocycles. The number of aromatic nitrogens is 1. The van der Waals surface area contributed by atoms with Crippen LogP contribution in [0.1, 0.15) is 35.9 Å². The molecule has 1 atom stereocenters. The molecule has 0 aliphatic carbocycles. The van der Waals surface area contributed by atoms with Gasteiger partial charge in [-0.15, -0.1) is 11.3 Å². The van der Waals surface area contributed by atoms with Gasteiger partial charge in [0, 0.05) is 23.8 Å². The molecule has 0 unspecified atom stereocenters. The van der Waals surface area contributed by atoms with Crippen molar-refractivity contribution in [3.8, 4) is 6.07 Å². The zero-order valence-corrected chi connectivity index (χ0v) is 12.8. The van der Waals surface area contributed by atoms with Crippen LogP contribution in [-0.2, 0) is 0 Å². The SMILES string of the molecule is N#Cc1cccc(NC(=O)N2CCCC[C@H]2c2nccs2)c1. The molecule has 0 bridgehead atoms. The van der Waals surface area contributed by atoms with Crippen molar-refractivity contribution in [2.75, 3.05) is 11.9 Å². The zero-order valence-electron chi connectivity index (χ0n) is 12.0. The van der Waals surface area contributed by atoms with Gasteiger partial charge in [0.05, 0.1) is 17.7 Å². The summed E-state index contributed by atoms with van der Waals surface area (Å²) in [4.78, 5) is 18.8. The highest BCUT2D eigenvalue weighted by molar-refractivity contribution is 7.09. The molecular weight excluding hydrogens is 296 g/mol. The van der Waals surface area contributed by atoms with E-state index in [-0.39, 0.29) is 12.1 Å². The number of thiazole rings is 1. The van der Waals surface area contributed by atoms with E-state index in [9.17, 15) is 4.79 Å². The topological polar surface area (TPSA) is 69.0 Å². The van der Waals surface area contributed by atoms with Crippen LogP contribution in [0.2, 0.25) is 0 Å². The minimum atomic E-state index is -0.130. The monoisotopic (exact) mass is 312 g/mol. The zero-order chi connectivity index (χ0) is 15.4. The Labute approximate surface area is 133 Å². The first-order chi connectivity index (χ1) is 10.8. The Bertz CT molecular complexity index is 692. The lowest BCUT2D eigenvalue weighted by Gasteiger charge is -2.34. The van der Waals surface area contributed by atoms with Gasteiger partial charge in [-0.05, 0) is 37.5 Å². The molecule has 2 amide bonds. The normalized spacial score (nSPS) is 17.8. The van der Waals surface area contributed by atoms with Crippen molar-refractivity contribution in [3.05, 3.63) is 46.4 Å². The molecule has 1 aromatic heterocycles. The molecule has 0 spiro atoms. The van der Waals surface area contributed by atoms with E-state index in [1.807, 2.05) is 10.3 Å². The number of nitriles is 1. The Morgan fingerprint density at radius 2 is 2.36 bits per heavy atom. The first kappa shape index (κ1) is 14.5. The lowest BCUT2D eigenvalue weighted by atomic mass is 10.0. The fraction of sp³-hybridized carbons (Fsp3) is 0.312. The first-order valence-corrected chi connectivity index (χ1v) is 8.13. The van der Waals surface area contributed by atoms with Crippen LogP contribution in [0.4, 0.5) is 10.5 Å². The van der Waals surface area contributed by atoms with Crippen LogP contribution in [0.3, 0.4) is 0 Å². The molecule has 112 valence electrons. The lowest BCUT2D eigenvalue weighted by molar-refractivity contribution is 0.163. The Kier molecular flexibility index (Phi) is 4.35. The van der Waals surface area contributed by atoms with E-state index in [0.717, 1.165) is 30.8 Å². The maximum Gasteiger partial charge on any atom is 0.322 e. The van der Waals surface area contributed by atoms with Gasteiger partial charge < -0.3 is 10.2 Å². The number of rotatable bonds is 2. The van der Waals surface area contributed by atoms with Gasteiger partial charge in [-0.1, -0.05) is 6.07 Å². The number of nitrogens with one attached hydrogen (secondary N) is 1. The predicted molar refractivity (Wildman–Crippen MR) is 85.6 cm³/mol. The van der Waals surface area contributed by atoms with Crippen LogP contribution in [-0.4, -0.2) is 22.5 Å². The number of urea groups is 1. The number of nitrogens with zero attached hydrogens (tertiary/aromatic N) is 3. The molecule has 5 nitrogen and oxygen atoms in total. The summed E-state index contributed by atoms with van der Waals surface area (Å²) in [5.74, 6) is 0.